The first kappa shape index (κ1) is 24.5. The summed E-state index contributed by atoms with van der Waals surface area (Å²) in [4.78, 5) is 43.5. The van der Waals surface area contributed by atoms with Gasteiger partial charge in [0, 0.05) is 41.0 Å². The topological polar surface area (TPSA) is 126 Å². The molecule has 0 fully saturated rings. The maximum Gasteiger partial charge on any atom is 0.194 e. The van der Waals surface area contributed by atoms with Crippen LogP contribution in [0.1, 0.15) is 47.8 Å². The number of aromatic hydroxyl groups is 2. The molecule has 37 heavy (non-hydrogen) atoms. The Hall–Kier alpha value is -4.24. The Kier molecular flexibility index (Phi) is 5.75. The molecule has 1 aliphatic carbocycles. The Morgan fingerprint density at radius 3 is 2.46 bits per heavy atom. The monoisotopic (exact) mass is 516 g/mol. The number of ketones is 3. The van der Waals surface area contributed by atoms with Gasteiger partial charge >= 0.3 is 0 Å². The van der Waals surface area contributed by atoms with E-state index in [0.29, 0.717) is 12.2 Å². The third-order valence-corrected chi connectivity index (χ3v) is 7.77. The van der Waals surface area contributed by atoms with Crippen molar-refractivity contribution in [2.75, 3.05) is 0 Å². The van der Waals surface area contributed by atoms with Gasteiger partial charge in [-0.2, -0.15) is 0 Å². The van der Waals surface area contributed by atoms with Gasteiger partial charge in [0.15, 0.2) is 17.3 Å². The molecule has 0 saturated carbocycles. The first-order valence-corrected chi connectivity index (χ1v) is 12.5. The second-order valence-corrected chi connectivity index (χ2v) is 10.2. The lowest BCUT2D eigenvalue weighted by Crippen LogP contribution is -2.41. The van der Waals surface area contributed by atoms with E-state index >= 15 is 0 Å². The van der Waals surface area contributed by atoms with Crippen LogP contribution in [0.3, 0.4) is 0 Å². The Balaban J connectivity index is 1.50. The van der Waals surface area contributed by atoms with Gasteiger partial charge in [-0.15, -0.1) is 11.3 Å². The summed E-state index contributed by atoms with van der Waals surface area (Å²) in [5.74, 6) is -2.46. The van der Waals surface area contributed by atoms with Gasteiger partial charge < -0.3 is 20.3 Å². The Morgan fingerprint density at radius 1 is 1.14 bits per heavy atom. The summed E-state index contributed by atoms with van der Waals surface area (Å²) in [6, 6.07) is 7.82. The van der Waals surface area contributed by atoms with E-state index in [9.17, 15) is 24.6 Å². The van der Waals surface area contributed by atoms with Crippen molar-refractivity contribution in [2.24, 2.45) is 0 Å². The Morgan fingerprint density at radius 2 is 1.84 bits per heavy atom. The summed E-state index contributed by atoms with van der Waals surface area (Å²) in [6.07, 6.45) is 2.96. The van der Waals surface area contributed by atoms with Crippen LogP contribution in [-0.4, -0.2) is 32.5 Å². The molecule has 0 radical (unpaired) electrons. The van der Waals surface area contributed by atoms with Crippen molar-refractivity contribution in [3.63, 3.8) is 0 Å². The van der Waals surface area contributed by atoms with E-state index < -0.39 is 28.5 Å². The van der Waals surface area contributed by atoms with Gasteiger partial charge in [0.05, 0.1) is 11.1 Å². The summed E-state index contributed by atoms with van der Waals surface area (Å²) >= 11 is 1.55. The minimum atomic E-state index is -1.54. The first-order valence-electron chi connectivity index (χ1n) is 11.6. The van der Waals surface area contributed by atoms with Gasteiger partial charge in [0.2, 0.25) is 0 Å². The van der Waals surface area contributed by atoms with Crippen LogP contribution in [0.4, 0.5) is 0 Å². The smallest absolute Gasteiger partial charge is 0.194 e. The number of thiazole rings is 1. The average Bonchev–Trinajstić information content (AvgIpc) is 3.49. The van der Waals surface area contributed by atoms with Crippen LogP contribution in [0.2, 0.25) is 0 Å². The van der Waals surface area contributed by atoms with E-state index in [2.05, 4.69) is 10.3 Å². The molecule has 0 spiro atoms. The molecule has 1 aromatic heterocycles. The number of phenols is 2. The zero-order chi connectivity index (χ0) is 26.6. The normalized spacial score (nSPS) is 19.6. The highest BCUT2D eigenvalue weighted by atomic mass is 32.1. The molecule has 3 aromatic rings. The van der Waals surface area contributed by atoms with Crippen molar-refractivity contribution in [3.05, 3.63) is 81.2 Å². The first-order chi connectivity index (χ1) is 17.6. The number of allylic oxidation sites excluding steroid dienone is 4. The molecule has 1 aliphatic heterocycles. The fourth-order valence-corrected chi connectivity index (χ4v) is 5.46. The molecule has 5 rings (SSSR count). The number of ether oxygens (including phenoxy) is 1. The molecular formula is C28H24N2O6S. The van der Waals surface area contributed by atoms with Gasteiger partial charge in [-0.3, -0.25) is 14.4 Å². The van der Waals surface area contributed by atoms with Crippen LogP contribution in [0.25, 0.3) is 10.6 Å². The van der Waals surface area contributed by atoms with Gasteiger partial charge in [-0.1, -0.05) is 24.3 Å². The summed E-state index contributed by atoms with van der Waals surface area (Å²) < 4.78 is 5.79. The van der Waals surface area contributed by atoms with Gasteiger partial charge in [-0.05, 0) is 33.3 Å². The second-order valence-electron chi connectivity index (χ2n) is 9.27. The zero-order valence-corrected chi connectivity index (χ0v) is 21.4. The van der Waals surface area contributed by atoms with Crippen LogP contribution in [0.5, 0.6) is 17.2 Å². The molecule has 0 amide bonds. The van der Waals surface area contributed by atoms with E-state index in [0.717, 1.165) is 16.1 Å². The minimum Gasteiger partial charge on any atom is -0.507 e. The third kappa shape index (κ3) is 3.65. The number of hydrogen-bond donors (Lipinski definition) is 3. The highest BCUT2D eigenvalue weighted by Crippen LogP contribution is 2.57. The molecule has 3 N–H and O–H groups in total. The summed E-state index contributed by atoms with van der Waals surface area (Å²) in [7, 11) is 0. The van der Waals surface area contributed by atoms with Gasteiger partial charge in [-0.25, -0.2) is 4.98 Å². The molecule has 1 atom stereocenters. The highest BCUT2D eigenvalue weighted by molar-refractivity contribution is 7.13. The highest BCUT2D eigenvalue weighted by Gasteiger charge is 2.56. The molecule has 188 valence electrons. The van der Waals surface area contributed by atoms with Crippen molar-refractivity contribution in [1.29, 1.82) is 0 Å². The zero-order valence-electron chi connectivity index (χ0n) is 20.6. The second kappa shape index (κ2) is 8.70. The van der Waals surface area contributed by atoms with Crippen LogP contribution >= 0.6 is 11.3 Å². The van der Waals surface area contributed by atoms with Crippen LogP contribution < -0.4 is 10.1 Å². The quantitative estimate of drug-likeness (QED) is 0.257. The molecule has 0 bridgehead atoms. The molecule has 2 aliphatic rings. The van der Waals surface area contributed by atoms with Crippen molar-refractivity contribution in [2.45, 2.75) is 39.7 Å². The maximum atomic E-state index is 13.9. The number of fused-ring (bicyclic) bond motifs is 3. The van der Waals surface area contributed by atoms with Crippen molar-refractivity contribution < 1.29 is 29.3 Å². The number of carbonyl (C=O) groups is 3. The molecule has 9 heteroatoms. The lowest BCUT2D eigenvalue weighted by Gasteiger charge is -2.29. The number of Topliss-reactive ketones (excluding diaryl/α,β-unsaturated/α-hetero) is 2. The largest absolute Gasteiger partial charge is 0.507 e. The van der Waals surface area contributed by atoms with E-state index in [1.165, 1.54) is 19.9 Å². The summed E-state index contributed by atoms with van der Waals surface area (Å²) in [5, 5.41) is 27.4. The third-order valence-electron chi connectivity index (χ3n) is 6.95. The lowest BCUT2D eigenvalue weighted by molar-refractivity contribution is -0.123. The predicted molar refractivity (Wildman–Crippen MR) is 138 cm³/mol. The Bertz CT molecular complexity index is 1550. The SMILES string of the molecule is CC(=O)c1c(O)c(C)c(O)c2c1OC1=CC(=O)/C(=C(/C)NCc3ccc(-c4nccs4)cc3)C(=O)[C@@]12C. The van der Waals surface area contributed by atoms with E-state index in [-0.39, 0.29) is 39.5 Å². The molecule has 0 unspecified atom stereocenters. The number of rotatable bonds is 5. The van der Waals surface area contributed by atoms with E-state index in [4.69, 9.17) is 4.74 Å². The number of nitrogens with one attached hydrogen (secondary N) is 1. The van der Waals surface area contributed by atoms with Crippen LogP contribution in [0.15, 0.2) is 58.9 Å². The number of benzene rings is 2. The van der Waals surface area contributed by atoms with Crippen molar-refractivity contribution in [3.8, 4) is 27.8 Å². The lowest BCUT2D eigenvalue weighted by atomic mass is 9.70. The molecule has 2 aromatic carbocycles. The fraction of sp³-hybridized carbons (Fsp3) is 0.214. The molecular weight excluding hydrogens is 492 g/mol. The standard InChI is InChI=1S/C28H24N2O6S/c1-13-23(33)21(15(3)31)25-22(24(13)34)28(4)19(36-25)11-18(32)20(26(28)35)14(2)30-12-16-5-7-17(8-6-16)27-29-9-10-37-27/h5-11,30,33-34H,12H2,1-4H3/b20-14+/t28-/m0/s1. The number of aromatic nitrogens is 1. The average molecular weight is 517 g/mol. The van der Waals surface area contributed by atoms with E-state index in [1.54, 1.807) is 31.4 Å². The Labute approximate surface area is 216 Å². The molecule has 0 saturated heterocycles. The van der Waals surface area contributed by atoms with Gasteiger partial charge in [0.1, 0.15) is 39.0 Å². The summed E-state index contributed by atoms with van der Waals surface area (Å²) in [5.41, 5.74) is 0.724. The molecule has 2 heterocycles. The van der Waals surface area contributed by atoms with Crippen molar-refractivity contribution in [1.82, 2.24) is 10.3 Å². The summed E-state index contributed by atoms with van der Waals surface area (Å²) in [6.45, 7) is 6.27. The van der Waals surface area contributed by atoms with Crippen LogP contribution in [-0.2, 0) is 21.5 Å². The number of hydrogen-bond acceptors (Lipinski definition) is 9. The van der Waals surface area contributed by atoms with Crippen molar-refractivity contribution >= 4 is 28.7 Å². The fourth-order valence-electron chi connectivity index (χ4n) is 4.82. The maximum absolute atomic E-state index is 13.9. The predicted octanol–water partition coefficient (Wildman–Crippen LogP) is 4.48. The van der Waals surface area contributed by atoms with Crippen LogP contribution in [0, 0.1) is 6.92 Å². The number of carbonyl (C=O) groups excluding carboxylic acids is 3. The number of nitrogens with zero attached hydrogens (tertiary/aromatic N) is 1. The number of phenolic OH excluding ortho intramolecular Hbond substituents is 2. The molecule has 8 nitrogen and oxygen atoms in total. The van der Waals surface area contributed by atoms with E-state index in [1.807, 2.05) is 29.6 Å². The minimum absolute atomic E-state index is 0.00891. The van der Waals surface area contributed by atoms with Gasteiger partial charge in [0.25, 0.3) is 0 Å².